The second kappa shape index (κ2) is 6.98. The van der Waals surface area contributed by atoms with E-state index >= 15 is 0 Å². The Morgan fingerprint density at radius 2 is 1.58 bits per heavy atom. The number of hydrazone groups is 1. The average molecular weight is 372 g/mol. The van der Waals surface area contributed by atoms with Crippen LogP contribution in [0, 0.1) is 29.1 Å². The van der Waals surface area contributed by atoms with Crippen molar-refractivity contribution in [1.29, 1.82) is 0 Å². The Hall–Kier alpha value is -3.17. The standard InChI is InChI=1S/C16H9F5N2O3/c17-11-7(12(18)14(20)15(21)13(11)19)5-22-23-16(24)10-6-25-8-3-1-2-4-9(8)26-10/h1-5,10H,6H2,(H,23,24)/b22-5+. The van der Waals surface area contributed by atoms with Crippen molar-refractivity contribution in [2.75, 3.05) is 6.61 Å². The number of halogens is 5. The molecule has 5 nitrogen and oxygen atoms in total. The van der Waals surface area contributed by atoms with Crippen LogP contribution in [0.3, 0.4) is 0 Å². The molecule has 136 valence electrons. The van der Waals surface area contributed by atoms with Crippen LogP contribution in [0.5, 0.6) is 11.5 Å². The third-order valence-corrected chi connectivity index (χ3v) is 3.41. The number of amides is 1. The Morgan fingerprint density at radius 3 is 2.23 bits per heavy atom. The molecule has 0 saturated carbocycles. The van der Waals surface area contributed by atoms with Crippen LogP contribution in [0.1, 0.15) is 5.56 Å². The predicted molar refractivity (Wildman–Crippen MR) is 78.3 cm³/mol. The molecule has 0 fully saturated rings. The fourth-order valence-electron chi connectivity index (χ4n) is 2.12. The summed E-state index contributed by atoms with van der Waals surface area (Å²) in [7, 11) is 0. The van der Waals surface area contributed by atoms with Crippen LogP contribution in [0.25, 0.3) is 0 Å². The first kappa shape index (κ1) is 17.6. The van der Waals surface area contributed by atoms with E-state index in [0.29, 0.717) is 17.7 Å². The van der Waals surface area contributed by atoms with Gasteiger partial charge in [-0.1, -0.05) is 12.1 Å². The Kier molecular flexibility index (Phi) is 4.74. The molecule has 1 atom stereocenters. The molecule has 10 heteroatoms. The lowest BCUT2D eigenvalue weighted by Crippen LogP contribution is -2.42. The lowest BCUT2D eigenvalue weighted by atomic mass is 10.2. The Bertz CT molecular complexity index is 875. The van der Waals surface area contributed by atoms with Crippen LogP contribution in [0.4, 0.5) is 22.0 Å². The summed E-state index contributed by atoms with van der Waals surface area (Å²) >= 11 is 0. The molecular formula is C16H9F5N2O3. The van der Waals surface area contributed by atoms with Gasteiger partial charge in [0.1, 0.15) is 6.61 Å². The molecule has 0 saturated heterocycles. The molecule has 1 heterocycles. The van der Waals surface area contributed by atoms with Crippen molar-refractivity contribution in [3.8, 4) is 11.5 Å². The second-order valence-corrected chi connectivity index (χ2v) is 5.08. The van der Waals surface area contributed by atoms with Crippen molar-refractivity contribution in [2.24, 2.45) is 5.10 Å². The van der Waals surface area contributed by atoms with Crippen LogP contribution in [-0.2, 0) is 4.79 Å². The smallest absolute Gasteiger partial charge is 0.284 e. The number of carbonyl (C=O) groups excluding carboxylic acids is 1. The molecule has 1 aliphatic heterocycles. The molecule has 0 spiro atoms. The van der Waals surface area contributed by atoms with Gasteiger partial charge in [0.2, 0.25) is 11.9 Å². The minimum Gasteiger partial charge on any atom is -0.485 e. The van der Waals surface area contributed by atoms with E-state index in [2.05, 4.69) is 5.10 Å². The Morgan fingerprint density at radius 1 is 1.00 bits per heavy atom. The molecule has 2 aromatic carbocycles. The van der Waals surface area contributed by atoms with Gasteiger partial charge in [0.15, 0.2) is 34.8 Å². The zero-order valence-corrected chi connectivity index (χ0v) is 12.7. The molecule has 0 bridgehead atoms. The highest BCUT2D eigenvalue weighted by molar-refractivity contribution is 5.85. The fourth-order valence-corrected chi connectivity index (χ4v) is 2.12. The normalized spacial score (nSPS) is 16.0. The first-order chi connectivity index (χ1) is 12.4. The summed E-state index contributed by atoms with van der Waals surface area (Å²) in [5.74, 6) is -10.7. The van der Waals surface area contributed by atoms with Gasteiger partial charge in [-0.3, -0.25) is 4.79 Å². The van der Waals surface area contributed by atoms with E-state index in [1.165, 1.54) is 0 Å². The predicted octanol–water partition coefficient (Wildman–Crippen LogP) is 2.67. The summed E-state index contributed by atoms with van der Waals surface area (Å²) in [6.45, 7) is -0.152. The minimum atomic E-state index is -2.28. The third-order valence-electron chi connectivity index (χ3n) is 3.41. The van der Waals surface area contributed by atoms with Crippen LogP contribution < -0.4 is 14.9 Å². The van der Waals surface area contributed by atoms with Gasteiger partial charge in [-0.15, -0.1) is 0 Å². The van der Waals surface area contributed by atoms with E-state index in [9.17, 15) is 26.7 Å². The molecule has 0 radical (unpaired) electrons. The maximum absolute atomic E-state index is 13.5. The highest BCUT2D eigenvalue weighted by Gasteiger charge is 2.28. The Balaban J connectivity index is 1.71. The third kappa shape index (κ3) is 3.17. The molecule has 1 unspecified atom stereocenters. The largest absolute Gasteiger partial charge is 0.485 e. The van der Waals surface area contributed by atoms with Crippen molar-refractivity contribution < 1.29 is 36.2 Å². The molecule has 0 aromatic heterocycles. The van der Waals surface area contributed by atoms with Gasteiger partial charge in [-0.2, -0.15) is 5.10 Å². The molecule has 1 aliphatic rings. The molecule has 2 aromatic rings. The number of fused-ring (bicyclic) bond motifs is 1. The fraction of sp³-hybridized carbons (Fsp3) is 0.125. The van der Waals surface area contributed by atoms with Crippen LogP contribution >= 0.6 is 0 Å². The van der Waals surface area contributed by atoms with Crippen LogP contribution in [0.2, 0.25) is 0 Å². The van der Waals surface area contributed by atoms with Crippen LogP contribution in [-0.4, -0.2) is 24.8 Å². The maximum Gasteiger partial charge on any atom is 0.284 e. The van der Waals surface area contributed by atoms with Crippen molar-refractivity contribution in [2.45, 2.75) is 6.10 Å². The Labute approximate surface area is 143 Å². The highest BCUT2D eigenvalue weighted by atomic mass is 19.2. The number of nitrogens with one attached hydrogen (secondary N) is 1. The number of hydrogen-bond donors (Lipinski definition) is 1. The zero-order chi connectivity index (χ0) is 18.8. The van der Waals surface area contributed by atoms with E-state index in [1.54, 1.807) is 24.3 Å². The van der Waals surface area contributed by atoms with E-state index < -0.39 is 46.7 Å². The molecule has 1 N–H and O–H groups in total. The van der Waals surface area contributed by atoms with Crippen molar-refractivity contribution in [1.82, 2.24) is 5.43 Å². The average Bonchev–Trinajstić information content (AvgIpc) is 2.67. The van der Waals surface area contributed by atoms with E-state index in [1.807, 2.05) is 5.43 Å². The zero-order valence-electron chi connectivity index (χ0n) is 12.7. The van der Waals surface area contributed by atoms with E-state index in [-0.39, 0.29) is 6.61 Å². The topological polar surface area (TPSA) is 59.9 Å². The molecule has 0 aliphatic carbocycles. The number of hydrogen-bond acceptors (Lipinski definition) is 4. The summed E-state index contributed by atoms with van der Waals surface area (Å²) in [6.07, 6.45) is -0.801. The monoisotopic (exact) mass is 372 g/mol. The quantitative estimate of drug-likeness (QED) is 0.296. The summed E-state index contributed by atoms with van der Waals surface area (Å²) in [4.78, 5) is 11.9. The SMILES string of the molecule is O=C(N/N=C/c1c(F)c(F)c(F)c(F)c1F)C1COc2ccccc2O1. The molecule has 1 amide bonds. The van der Waals surface area contributed by atoms with E-state index in [4.69, 9.17) is 9.47 Å². The molecule has 3 rings (SSSR count). The number of ether oxygens (including phenoxy) is 2. The van der Waals surface area contributed by atoms with Gasteiger partial charge in [-0.05, 0) is 12.1 Å². The lowest BCUT2D eigenvalue weighted by Gasteiger charge is -2.24. The summed E-state index contributed by atoms with van der Waals surface area (Å²) in [5.41, 5.74) is 0.609. The number of para-hydroxylation sites is 2. The van der Waals surface area contributed by atoms with Gasteiger partial charge in [-0.25, -0.2) is 27.4 Å². The van der Waals surface area contributed by atoms with Gasteiger partial charge >= 0.3 is 0 Å². The van der Waals surface area contributed by atoms with Gasteiger partial charge in [0.05, 0.1) is 11.8 Å². The molecular weight excluding hydrogens is 363 g/mol. The van der Waals surface area contributed by atoms with E-state index in [0.717, 1.165) is 0 Å². The van der Waals surface area contributed by atoms with Gasteiger partial charge in [0, 0.05) is 0 Å². The number of rotatable bonds is 3. The first-order valence-electron chi connectivity index (χ1n) is 7.13. The van der Waals surface area contributed by atoms with Crippen LogP contribution in [0.15, 0.2) is 29.4 Å². The maximum atomic E-state index is 13.5. The van der Waals surface area contributed by atoms with Crippen molar-refractivity contribution in [3.63, 3.8) is 0 Å². The highest BCUT2D eigenvalue weighted by Crippen LogP contribution is 2.30. The second-order valence-electron chi connectivity index (χ2n) is 5.08. The number of carbonyl (C=O) groups is 1. The summed E-state index contributed by atoms with van der Waals surface area (Å²) < 4.78 is 76.7. The van der Waals surface area contributed by atoms with Crippen molar-refractivity contribution >= 4 is 12.1 Å². The molecule has 26 heavy (non-hydrogen) atoms. The van der Waals surface area contributed by atoms with Gasteiger partial charge in [0.25, 0.3) is 5.91 Å². The van der Waals surface area contributed by atoms with Crippen molar-refractivity contribution in [3.05, 3.63) is 58.9 Å². The summed E-state index contributed by atoms with van der Waals surface area (Å²) in [5, 5.41) is 3.21. The number of nitrogens with zero attached hydrogens (tertiary/aromatic N) is 1. The van der Waals surface area contributed by atoms with Gasteiger partial charge < -0.3 is 9.47 Å². The summed E-state index contributed by atoms with van der Waals surface area (Å²) in [6, 6.07) is 6.55. The lowest BCUT2D eigenvalue weighted by molar-refractivity contribution is -0.130. The minimum absolute atomic E-state index is 0.152. The first-order valence-corrected chi connectivity index (χ1v) is 7.13. The number of benzene rings is 2.